The summed E-state index contributed by atoms with van der Waals surface area (Å²) >= 11 is 11.8. The third-order valence-electron chi connectivity index (χ3n) is 2.68. The molecule has 2 rings (SSSR count). The van der Waals surface area contributed by atoms with Crippen molar-refractivity contribution in [3.05, 3.63) is 51.4 Å². The minimum absolute atomic E-state index is 0.364. The van der Waals surface area contributed by atoms with Gasteiger partial charge in [0.05, 0.1) is 16.6 Å². The van der Waals surface area contributed by atoms with Gasteiger partial charge >= 0.3 is 0 Å². The molecule has 3 nitrogen and oxygen atoms in total. The average Bonchev–Trinajstić information content (AvgIpc) is 2.72. The zero-order valence-electron chi connectivity index (χ0n) is 10.8. The molecule has 0 unspecified atom stereocenters. The van der Waals surface area contributed by atoms with Gasteiger partial charge in [0.15, 0.2) is 0 Å². The lowest BCUT2D eigenvalue weighted by Crippen LogP contribution is -2.04. The van der Waals surface area contributed by atoms with Crippen LogP contribution in [-0.4, -0.2) is 7.05 Å². The van der Waals surface area contributed by atoms with Crippen LogP contribution in [0, 0.1) is 6.92 Å². The standard InChI is InChI=1S/C14H15Cl2NO2/c1-9-5-11(19-14(9)7-17-2)8-18-10-3-4-12(15)13(16)6-10/h3-6,17H,7-8H2,1-2H3. The maximum Gasteiger partial charge on any atom is 0.146 e. The van der Waals surface area contributed by atoms with E-state index in [1.165, 1.54) is 0 Å². The van der Waals surface area contributed by atoms with Crippen LogP contribution in [0.15, 0.2) is 28.7 Å². The minimum Gasteiger partial charge on any atom is -0.486 e. The topological polar surface area (TPSA) is 34.4 Å². The van der Waals surface area contributed by atoms with E-state index in [4.69, 9.17) is 32.4 Å². The van der Waals surface area contributed by atoms with E-state index in [0.29, 0.717) is 28.9 Å². The van der Waals surface area contributed by atoms with Crippen molar-refractivity contribution in [2.24, 2.45) is 0 Å². The number of furan rings is 1. The zero-order chi connectivity index (χ0) is 13.8. The van der Waals surface area contributed by atoms with Gasteiger partial charge in [-0.15, -0.1) is 0 Å². The number of halogens is 2. The first-order valence-electron chi connectivity index (χ1n) is 5.91. The molecule has 0 spiro atoms. The molecule has 5 heteroatoms. The summed E-state index contributed by atoms with van der Waals surface area (Å²) < 4.78 is 11.3. The lowest BCUT2D eigenvalue weighted by Gasteiger charge is -2.05. The van der Waals surface area contributed by atoms with Crippen LogP contribution in [0.25, 0.3) is 0 Å². The van der Waals surface area contributed by atoms with Gasteiger partial charge in [0.25, 0.3) is 0 Å². The van der Waals surface area contributed by atoms with Gasteiger partial charge in [-0.2, -0.15) is 0 Å². The quantitative estimate of drug-likeness (QED) is 0.899. The Balaban J connectivity index is 2.01. The fraction of sp³-hybridized carbons (Fsp3) is 0.286. The monoisotopic (exact) mass is 299 g/mol. The van der Waals surface area contributed by atoms with Crippen molar-refractivity contribution in [2.75, 3.05) is 7.05 Å². The van der Waals surface area contributed by atoms with Gasteiger partial charge in [-0.3, -0.25) is 0 Å². The number of aryl methyl sites for hydroxylation is 1. The molecule has 0 amide bonds. The highest BCUT2D eigenvalue weighted by Gasteiger charge is 2.08. The van der Waals surface area contributed by atoms with Crippen LogP contribution in [0.3, 0.4) is 0 Å². The second-order valence-corrected chi connectivity index (χ2v) is 5.03. The highest BCUT2D eigenvalue weighted by molar-refractivity contribution is 6.42. The van der Waals surface area contributed by atoms with E-state index in [2.05, 4.69) is 5.32 Å². The fourth-order valence-electron chi connectivity index (χ4n) is 1.72. The summed E-state index contributed by atoms with van der Waals surface area (Å²) in [5.74, 6) is 2.38. The Kier molecular flexibility index (Phi) is 4.75. The van der Waals surface area contributed by atoms with Gasteiger partial charge < -0.3 is 14.5 Å². The van der Waals surface area contributed by atoms with E-state index in [1.807, 2.05) is 20.0 Å². The molecule has 0 fully saturated rings. The lowest BCUT2D eigenvalue weighted by molar-refractivity contribution is 0.265. The predicted octanol–water partition coefficient (Wildman–Crippen LogP) is 4.19. The van der Waals surface area contributed by atoms with Gasteiger partial charge in [0, 0.05) is 6.07 Å². The van der Waals surface area contributed by atoms with Gasteiger partial charge in [-0.25, -0.2) is 0 Å². The van der Waals surface area contributed by atoms with Crippen LogP contribution in [0.2, 0.25) is 10.0 Å². The molecule has 0 bridgehead atoms. The highest BCUT2D eigenvalue weighted by atomic mass is 35.5. The Morgan fingerprint density at radius 2 is 2.00 bits per heavy atom. The van der Waals surface area contributed by atoms with E-state index < -0.39 is 0 Å². The first-order chi connectivity index (χ1) is 9.10. The molecule has 0 saturated heterocycles. The van der Waals surface area contributed by atoms with Crippen molar-refractivity contribution in [3.63, 3.8) is 0 Å². The Morgan fingerprint density at radius 3 is 2.68 bits per heavy atom. The highest BCUT2D eigenvalue weighted by Crippen LogP contribution is 2.27. The van der Waals surface area contributed by atoms with Crippen molar-refractivity contribution in [2.45, 2.75) is 20.1 Å². The largest absolute Gasteiger partial charge is 0.486 e. The molecule has 1 N–H and O–H groups in total. The second-order valence-electron chi connectivity index (χ2n) is 4.21. The van der Waals surface area contributed by atoms with Crippen molar-refractivity contribution in [3.8, 4) is 5.75 Å². The summed E-state index contributed by atoms with van der Waals surface area (Å²) in [6, 6.07) is 7.15. The van der Waals surface area contributed by atoms with Gasteiger partial charge in [-0.1, -0.05) is 23.2 Å². The van der Waals surface area contributed by atoms with Gasteiger partial charge in [0.2, 0.25) is 0 Å². The number of hydrogen-bond donors (Lipinski definition) is 1. The third-order valence-corrected chi connectivity index (χ3v) is 3.42. The first kappa shape index (κ1) is 14.3. The number of hydrogen-bond acceptors (Lipinski definition) is 3. The summed E-state index contributed by atoms with van der Waals surface area (Å²) in [6.07, 6.45) is 0. The SMILES string of the molecule is CNCc1oc(COc2ccc(Cl)c(Cl)c2)cc1C. The first-order valence-corrected chi connectivity index (χ1v) is 6.66. The summed E-state index contributed by atoms with van der Waals surface area (Å²) in [4.78, 5) is 0. The average molecular weight is 300 g/mol. The molecule has 0 saturated carbocycles. The normalized spacial score (nSPS) is 10.7. The van der Waals surface area contributed by atoms with E-state index >= 15 is 0 Å². The molecule has 0 atom stereocenters. The maximum atomic E-state index is 5.92. The molecular weight excluding hydrogens is 285 g/mol. The van der Waals surface area contributed by atoms with Crippen LogP contribution >= 0.6 is 23.2 Å². The minimum atomic E-state index is 0.364. The molecule has 1 heterocycles. The fourth-order valence-corrected chi connectivity index (χ4v) is 2.01. The molecule has 0 aliphatic heterocycles. The van der Waals surface area contributed by atoms with Crippen molar-refractivity contribution >= 4 is 23.2 Å². The van der Waals surface area contributed by atoms with E-state index in [9.17, 15) is 0 Å². The number of nitrogens with one attached hydrogen (secondary N) is 1. The van der Waals surface area contributed by atoms with Crippen molar-refractivity contribution < 1.29 is 9.15 Å². The zero-order valence-corrected chi connectivity index (χ0v) is 12.3. The summed E-state index contributed by atoms with van der Waals surface area (Å²) in [5.41, 5.74) is 1.11. The Labute approximate surface area is 122 Å². The molecule has 102 valence electrons. The summed E-state index contributed by atoms with van der Waals surface area (Å²) in [6.45, 7) is 3.08. The Hall–Kier alpha value is -1.16. The Morgan fingerprint density at radius 1 is 1.21 bits per heavy atom. The molecule has 0 radical (unpaired) electrons. The molecule has 0 aliphatic carbocycles. The smallest absolute Gasteiger partial charge is 0.146 e. The summed E-state index contributed by atoms with van der Waals surface area (Å²) in [5, 5.41) is 4.05. The van der Waals surface area contributed by atoms with E-state index in [1.54, 1.807) is 18.2 Å². The summed E-state index contributed by atoms with van der Waals surface area (Å²) in [7, 11) is 1.88. The predicted molar refractivity (Wildman–Crippen MR) is 77.0 cm³/mol. The Bertz CT molecular complexity index is 567. The van der Waals surface area contributed by atoms with Gasteiger partial charge in [-0.05, 0) is 37.7 Å². The molecule has 1 aromatic carbocycles. The molecule has 2 aromatic rings. The van der Waals surface area contributed by atoms with Crippen LogP contribution in [-0.2, 0) is 13.2 Å². The molecule has 1 aromatic heterocycles. The number of benzene rings is 1. The lowest BCUT2D eigenvalue weighted by atomic mass is 10.2. The van der Waals surface area contributed by atoms with Crippen LogP contribution in [0.1, 0.15) is 17.1 Å². The van der Waals surface area contributed by atoms with Crippen LogP contribution < -0.4 is 10.1 Å². The number of rotatable bonds is 5. The van der Waals surface area contributed by atoms with Crippen LogP contribution in [0.5, 0.6) is 5.75 Å². The second kappa shape index (κ2) is 6.33. The van der Waals surface area contributed by atoms with Crippen molar-refractivity contribution in [1.29, 1.82) is 0 Å². The molecule has 19 heavy (non-hydrogen) atoms. The van der Waals surface area contributed by atoms with Gasteiger partial charge in [0.1, 0.15) is 23.9 Å². The third kappa shape index (κ3) is 3.66. The molecule has 0 aliphatic rings. The maximum absolute atomic E-state index is 5.92. The molecular formula is C14H15Cl2NO2. The van der Waals surface area contributed by atoms with Crippen LogP contribution in [0.4, 0.5) is 0 Å². The number of ether oxygens (including phenoxy) is 1. The van der Waals surface area contributed by atoms with E-state index in [0.717, 1.165) is 17.1 Å². The van der Waals surface area contributed by atoms with Crippen molar-refractivity contribution in [1.82, 2.24) is 5.32 Å². The van der Waals surface area contributed by atoms with E-state index in [-0.39, 0.29) is 0 Å².